The minimum atomic E-state index is -0.111. The standard InChI is InChI=1S/C21H30N4O2S/c1-3-16(4-2)18(24-10-12-27-13-11-24)14-22-20(26)19-15-23-21(28)25(19)17-8-6-5-7-9-17/h5-9,15-16,18H,3-4,10-14H2,1-2H3,(H,22,26)(H,23,28)/t18-/m0/s1. The third-order valence-corrected chi connectivity index (χ3v) is 5.90. The average Bonchev–Trinajstić information content (AvgIpc) is 3.13. The number of nitrogens with zero attached hydrogens (tertiary/aromatic N) is 2. The molecule has 0 bridgehead atoms. The van der Waals surface area contributed by atoms with Crippen LogP contribution in [0.5, 0.6) is 0 Å². The number of hydrogen-bond acceptors (Lipinski definition) is 4. The molecule has 0 saturated carbocycles. The monoisotopic (exact) mass is 402 g/mol. The van der Waals surface area contributed by atoms with E-state index in [0.717, 1.165) is 44.8 Å². The van der Waals surface area contributed by atoms with Crippen LogP contribution in [0.1, 0.15) is 37.2 Å². The number of aromatic amines is 1. The number of ether oxygens (including phenoxy) is 1. The van der Waals surface area contributed by atoms with E-state index in [1.807, 2.05) is 30.3 Å². The van der Waals surface area contributed by atoms with Gasteiger partial charge in [0.1, 0.15) is 5.69 Å². The Kier molecular flexibility index (Phi) is 7.42. The Morgan fingerprint density at radius 1 is 1.21 bits per heavy atom. The van der Waals surface area contributed by atoms with E-state index in [9.17, 15) is 4.79 Å². The lowest BCUT2D eigenvalue weighted by molar-refractivity contribution is 0.00189. The summed E-state index contributed by atoms with van der Waals surface area (Å²) in [5, 5.41) is 3.16. The van der Waals surface area contributed by atoms with Crippen LogP contribution >= 0.6 is 12.2 Å². The van der Waals surface area contributed by atoms with Crippen molar-refractivity contribution in [3.63, 3.8) is 0 Å². The Labute approximate surface area is 171 Å². The Bertz CT molecular complexity index is 807. The minimum Gasteiger partial charge on any atom is -0.379 e. The van der Waals surface area contributed by atoms with Crippen molar-refractivity contribution < 1.29 is 9.53 Å². The summed E-state index contributed by atoms with van der Waals surface area (Å²) in [6.45, 7) is 8.43. The molecular formula is C21H30N4O2S. The zero-order valence-corrected chi connectivity index (χ0v) is 17.5. The van der Waals surface area contributed by atoms with E-state index in [1.54, 1.807) is 10.8 Å². The molecule has 1 aliphatic heterocycles. The van der Waals surface area contributed by atoms with Crippen molar-refractivity contribution in [2.75, 3.05) is 32.8 Å². The van der Waals surface area contributed by atoms with Crippen LogP contribution < -0.4 is 5.32 Å². The van der Waals surface area contributed by atoms with Crippen LogP contribution in [-0.2, 0) is 4.74 Å². The van der Waals surface area contributed by atoms with E-state index in [1.165, 1.54) is 0 Å². The highest BCUT2D eigenvalue weighted by Gasteiger charge is 2.27. The topological polar surface area (TPSA) is 62.3 Å². The highest BCUT2D eigenvalue weighted by atomic mass is 32.1. The van der Waals surface area contributed by atoms with Crippen molar-refractivity contribution >= 4 is 18.1 Å². The fourth-order valence-corrected chi connectivity index (χ4v) is 4.26. The third-order valence-electron chi connectivity index (χ3n) is 5.60. The molecule has 1 amide bonds. The summed E-state index contributed by atoms with van der Waals surface area (Å²) < 4.78 is 7.81. The second-order valence-electron chi connectivity index (χ2n) is 7.15. The molecule has 152 valence electrons. The van der Waals surface area contributed by atoms with Crippen molar-refractivity contribution in [1.82, 2.24) is 19.8 Å². The zero-order valence-electron chi connectivity index (χ0n) is 16.7. The summed E-state index contributed by atoms with van der Waals surface area (Å²) in [6.07, 6.45) is 3.88. The first-order chi connectivity index (χ1) is 13.7. The first-order valence-electron chi connectivity index (χ1n) is 10.1. The number of carbonyl (C=O) groups is 1. The summed E-state index contributed by atoms with van der Waals surface area (Å²) in [7, 11) is 0. The van der Waals surface area contributed by atoms with Crippen molar-refractivity contribution in [3.8, 4) is 5.69 Å². The third kappa shape index (κ3) is 4.71. The van der Waals surface area contributed by atoms with E-state index in [-0.39, 0.29) is 5.91 Å². The number of nitrogens with one attached hydrogen (secondary N) is 2. The van der Waals surface area contributed by atoms with Crippen LogP contribution in [0.2, 0.25) is 0 Å². The summed E-state index contributed by atoms with van der Waals surface area (Å²) >= 11 is 5.40. The Hall–Kier alpha value is -1.96. The zero-order chi connectivity index (χ0) is 19.9. The number of benzene rings is 1. The molecule has 2 N–H and O–H groups in total. The molecule has 0 unspecified atom stereocenters. The molecule has 0 aliphatic carbocycles. The Morgan fingerprint density at radius 2 is 1.89 bits per heavy atom. The van der Waals surface area contributed by atoms with Crippen LogP contribution in [0.25, 0.3) is 5.69 Å². The quantitative estimate of drug-likeness (QED) is 0.665. The predicted molar refractivity (Wildman–Crippen MR) is 114 cm³/mol. The number of carbonyl (C=O) groups excluding carboxylic acids is 1. The largest absolute Gasteiger partial charge is 0.379 e. The number of amides is 1. The van der Waals surface area contributed by atoms with Crippen molar-refractivity contribution in [3.05, 3.63) is 47.0 Å². The normalized spacial score (nSPS) is 16.2. The number of H-pyrrole nitrogens is 1. The van der Waals surface area contributed by atoms with Crippen LogP contribution in [-0.4, -0.2) is 59.2 Å². The fourth-order valence-electron chi connectivity index (χ4n) is 3.99. The minimum absolute atomic E-state index is 0.111. The molecule has 1 aromatic heterocycles. The number of rotatable bonds is 8. The van der Waals surface area contributed by atoms with Crippen molar-refractivity contribution in [1.29, 1.82) is 0 Å². The SMILES string of the molecule is CCC(CC)[C@H](CNC(=O)c1c[nH]c(=S)n1-c1ccccc1)N1CCOCC1. The van der Waals surface area contributed by atoms with Crippen LogP contribution in [0.4, 0.5) is 0 Å². The van der Waals surface area contributed by atoms with Gasteiger partial charge in [0, 0.05) is 37.6 Å². The van der Waals surface area contributed by atoms with Crippen LogP contribution in [0.3, 0.4) is 0 Å². The summed E-state index contributed by atoms with van der Waals surface area (Å²) in [5.41, 5.74) is 1.41. The predicted octanol–water partition coefficient (Wildman–Crippen LogP) is 3.40. The smallest absolute Gasteiger partial charge is 0.269 e. The summed E-state index contributed by atoms with van der Waals surface area (Å²) in [6, 6.07) is 10.0. The lowest BCUT2D eigenvalue weighted by atomic mass is 9.92. The Morgan fingerprint density at radius 3 is 2.54 bits per heavy atom. The molecule has 1 atom stereocenters. The highest BCUT2D eigenvalue weighted by Crippen LogP contribution is 2.20. The molecule has 28 heavy (non-hydrogen) atoms. The molecule has 1 saturated heterocycles. The van der Waals surface area contributed by atoms with Gasteiger partial charge in [0.05, 0.1) is 13.2 Å². The molecule has 1 aromatic carbocycles. The maximum Gasteiger partial charge on any atom is 0.269 e. The molecule has 7 heteroatoms. The number of morpholine rings is 1. The molecule has 6 nitrogen and oxygen atoms in total. The van der Waals surface area contributed by atoms with E-state index in [4.69, 9.17) is 17.0 Å². The van der Waals surface area contributed by atoms with Gasteiger partial charge in [-0.15, -0.1) is 0 Å². The lowest BCUT2D eigenvalue weighted by Gasteiger charge is -2.38. The van der Waals surface area contributed by atoms with Gasteiger partial charge in [0.2, 0.25) is 0 Å². The number of hydrogen-bond donors (Lipinski definition) is 2. The Balaban J connectivity index is 1.76. The van der Waals surface area contributed by atoms with Gasteiger partial charge >= 0.3 is 0 Å². The molecule has 3 rings (SSSR count). The van der Waals surface area contributed by atoms with Crippen molar-refractivity contribution in [2.45, 2.75) is 32.7 Å². The molecule has 0 radical (unpaired) electrons. The van der Waals surface area contributed by atoms with E-state index >= 15 is 0 Å². The number of aromatic nitrogens is 2. The molecule has 0 spiro atoms. The van der Waals surface area contributed by atoms with Gasteiger partial charge in [0.25, 0.3) is 5.91 Å². The summed E-state index contributed by atoms with van der Waals surface area (Å²) in [4.78, 5) is 18.5. The van der Waals surface area contributed by atoms with Gasteiger partial charge in [-0.1, -0.05) is 44.9 Å². The molecular weight excluding hydrogens is 372 g/mol. The van der Waals surface area contributed by atoms with Gasteiger partial charge in [-0.2, -0.15) is 0 Å². The second kappa shape index (κ2) is 10.0. The van der Waals surface area contributed by atoms with Gasteiger partial charge in [-0.05, 0) is 30.3 Å². The maximum absolute atomic E-state index is 13.0. The highest BCUT2D eigenvalue weighted by molar-refractivity contribution is 7.71. The summed E-state index contributed by atoms with van der Waals surface area (Å²) in [5.74, 6) is 0.431. The average molecular weight is 403 g/mol. The van der Waals surface area contributed by atoms with Crippen LogP contribution in [0, 0.1) is 10.7 Å². The maximum atomic E-state index is 13.0. The van der Waals surface area contributed by atoms with Crippen molar-refractivity contribution in [2.24, 2.45) is 5.92 Å². The van der Waals surface area contributed by atoms with Gasteiger partial charge < -0.3 is 15.0 Å². The molecule has 2 heterocycles. The second-order valence-corrected chi connectivity index (χ2v) is 7.54. The molecule has 2 aromatic rings. The number of para-hydroxylation sites is 1. The van der Waals surface area contributed by atoms with E-state index in [2.05, 4.69) is 29.0 Å². The van der Waals surface area contributed by atoms with E-state index < -0.39 is 0 Å². The first-order valence-corrected chi connectivity index (χ1v) is 10.5. The van der Waals surface area contributed by atoms with Gasteiger partial charge in [-0.25, -0.2) is 0 Å². The number of imidazole rings is 1. The molecule has 1 aliphatic rings. The van der Waals surface area contributed by atoms with Crippen LogP contribution in [0.15, 0.2) is 36.5 Å². The fraction of sp³-hybridized carbons (Fsp3) is 0.524. The first kappa shape index (κ1) is 20.8. The van der Waals surface area contributed by atoms with Gasteiger partial charge in [-0.3, -0.25) is 14.3 Å². The van der Waals surface area contributed by atoms with E-state index in [0.29, 0.717) is 29.0 Å². The molecule has 1 fully saturated rings. The lowest BCUT2D eigenvalue weighted by Crippen LogP contribution is -2.52. The van der Waals surface area contributed by atoms with Gasteiger partial charge in [0.15, 0.2) is 4.77 Å².